The molecule has 2 aromatic rings. The lowest BCUT2D eigenvalue weighted by Gasteiger charge is -2.34. The summed E-state index contributed by atoms with van der Waals surface area (Å²) >= 11 is 5.90. The van der Waals surface area contributed by atoms with E-state index in [0.29, 0.717) is 34.8 Å². The topological polar surface area (TPSA) is 70.8 Å². The zero-order valence-electron chi connectivity index (χ0n) is 11.7. The molecule has 2 unspecified atom stereocenters. The summed E-state index contributed by atoms with van der Waals surface area (Å²) in [6.45, 7) is 3.70. The van der Waals surface area contributed by atoms with E-state index in [-0.39, 0.29) is 11.9 Å². The maximum absolute atomic E-state index is 13.8. The van der Waals surface area contributed by atoms with Gasteiger partial charge in [0.2, 0.25) is 5.95 Å². The fourth-order valence-electron chi connectivity index (χ4n) is 2.47. The van der Waals surface area contributed by atoms with Crippen molar-refractivity contribution in [3.63, 3.8) is 0 Å². The van der Waals surface area contributed by atoms with Crippen molar-refractivity contribution in [3.8, 4) is 11.4 Å². The van der Waals surface area contributed by atoms with Gasteiger partial charge < -0.3 is 10.6 Å². The number of nitrogens with one attached hydrogen (secondary N) is 1. The first kappa shape index (κ1) is 14.3. The van der Waals surface area contributed by atoms with E-state index in [9.17, 15) is 4.39 Å². The molecule has 1 aromatic heterocycles. The molecule has 1 saturated heterocycles. The Bertz CT molecular complexity index is 644. The van der Waals surface area contributed by atoms with Gasteiger partial charge in [0.15, 0.2) is 5.82 Å². The Kier molecular flexibility index (Phi) is 3.82. The molecule has 1 aliphatic rings. The standard InChI is InChI=1S/C14H17ClFN5/c1-8-4-5-21(7-12(8)17)14-18-13(19-20-14)10-6-9(15)2-3-11(10)16/h2-3,6,8,12H,4-5,7,17H2,1H3,(H,18,19,20). The Morgan fingerprint density at radius 1 is 1.48 bits per heavy atom. The Balaban J connectivity index is 1.85. The third-order valence-corrected chi connectivity index (χ3v) is 4.19. The van der Waals surface area contributed by atoms with Crippen LogP contribution in [0.25, 0.3) is 11.4 Å². The molecule has 3 rings (SSSR count). The third kappa shape index (κ3) is 2.87. The van der Waals surface area contributed by atoms with Crippen molar-refractivity contribution in [2.45, 2.75) is 19.4 Å². The maximum Gasteiger partial charge on any atom is 0.245 e. The molecule has 3 N–H and O–H groups in total. The van der Waals surface area contributed by atoms with E-state index in [1.807, 2.05) is 4.90 Å². The van der Waals surface area contributed by atoms with Gasteiger partial charge in [-0.05, 0) is 30.5 Å². The number of benzene rings is 1. The van der Waals surface area contributed by atoms with Gasteiger partial charge >= 0.3 is 0 Å². The molecule has 7 heteroatoms. The highest BCUT2D eigenvalue weighted by Crippen LogP contribution is 2.26. The third-order valence-electron chi connectivity index (χ3n) is 3.96. The first-order valence-corrected chi connectivity index (χ1v) is 7.30. The SMILES string of the molecule is CC1CCN(c2n[nH]c(-c3cc(Cl)ccc3F)n2)CC1N. The van der Waals surface area contributed by atoms with Crippen LogP contribution in [0.1, 0.15) is 13.3 Å². The normalized spacial score (nSPS) is 22.6. The molecule has 1 fully saturated rings. The molecule has 1 aromatic carbocycles. The lowest BCUT2D eigenvalue weighted by Crippen LogP contribution is -2.48. The van der Waals surface area contributed by atoms with Gasteiger partial charge in [-0.1, -0.05) is 18.5 Å². The van der Waals surface area contributed by atoms with Crippen molar-refractivity contribution in [1.29, 1.82) is 0 Å². The number of hydrogen-bond acceptors (Lipinski definition) is 4. The Morgan fingerprint density at radius 2 is 2.29 bits per heavy atom. The molecule has 0 radical (unpaired) electrons. The van der Waals surface area contributed by atoms with Gasteiger partial charge in [-0.25, -0.2) is 4.39 Å². The Labute approximate surface area is 127 Å². The van der Waals surface area contributed by atoms with Crippen molar-refractivity contribution in [3.05, 3.63) is 29.0 Å². The lowest BCUT2D eigenvalue weighted by atomic mass is 9.95. The summed E-state index contributed by atoms with van der Waals surface area (Å²) in [4.78, 5) is 6.39. The average Bonchev–Trinajstić information content (AvgIpc) is 2.94. The van der Waals surface area contributed by atoms with Gasteiger partial charge in [-0.2, -0.15) is 4.98 Å². The van der Waals surface area contributed by atoms with E-state index in [1.165, 1.54) is 18.2 Å². The first-order valence-electron chi connectivity index (χ1n) is 6.93. The molecular weight excluding hydrogens is 293 g/mol. The van der Waals surface area contributed by atoms with E-state index >= 15 is 0 Å². The van der Waals surface area contributed by atoms with Crippen molar-refractivity contribution < 1.29 is 4.39 Å². The van der Waals surface area contributed by atoms with Gasteiger partial charge in [0.1, 0.15) is 5.82 Å². The summed E-state index contributed by atoms with van der Waals surface area (Å²) in [5, 5.41) is 7.40. The van der Waals surface area contributed by atoms with Crippen molar-refractivity contribution in [2.75, 3.05) is 18.0 Å². The van der Waals surface area contributed by atoms with Crippen LogP contribution in [0, 0.1) is 11.7 Å². The molecule has 0 amide bonds. The van der Waals surface area contributed by atoms with Gasteiger partial charge in [0.05, 0.1) is 5.56 Å². The second-order valence-electron chi connectivity index (χ2n) is 5.48. The van der Waals surface area contributed by atoms with Crippen LogP contribution in [0.4, 0.5) is 10.3 Å². The minimum atomic E-state index is -0.383. The van der Waals surface area contributed by atoms with Crippen LogP contribution in [0.5, 0.6) is 0 Å². The molecule has 5 nitrogen and oxygen atoms in total. The summed E-state index contributed by atoms with van der Waals surface area (Å²) < 4.78 is 13.8. The highest BCUT2D eigenvalue weighted by atomic mass is 35.5. The van der Waals surface area contributed by atoms with E-state index in [0.717, 1.165) is 13.0 Å². The zero-order valence-corrected chi connectivity index (χ0v) is 12.4. The summed E-state index contributed by atoms with van der Waals surface area (Å²) in [5.74, 6) is 1.03. The molecule has 21 heavy (non-hydrogen) atoms. The van der Waals surface area contributed by atoms with Gasteiger partial charge in [0.25, 0.3) is 0 Å². The Hall–Kier alpha value is -1.66. The molecule has 0 bridgehead atoms. The summed E-state index contributed by atoms with van der Waals surface area (Å²) in [6.07, 6.45) is 0.997. The fraction of sp³-hybridized carbons (Fsp3) is 0.429. The van der Waals surface area contributed by atoms with Crippen LogP contribution in [0.15, 0.2) is 18.2 Å². The van der Waals surface area contributed by atoms with Crippen molar-refractivity contribution >= 4 is 17.5 Å². The van der Waals surface area contributed by atoms with Crippen LogP contribution >= 0.6 is 11.6 Å². The van der Waals surface area contributed by atoms with E-state index in [2.05, 4.69) is 22.1 Å². The molecule has 2 heterocycles. The van der Waals surface area contributed by atoms with Gasteiger partial charge in [0, 0.05) is 24.2 Å². The molecule has 2 atom stereocenters. The van der Waals surface area contributed by atoms with E-state index < -0.39 is 0 Å². The first-order chi connectivity index (χ1) is 10.0. The molecule has 0 aliphatic carbocycles. The number of piperidine rings is 1. The minimum absolute atomic E-state index is 0.101. The number of halogens is 2. The highest BCUT2D eigenvalue weighted by Gasteiger charge is 2.25. The number of H-pyrrole nitrogens is 1. The molecular formula is C14H17ClFN5. The second kappa shape index (κ2) is 5.61. The quantitative estimate of drug-likeness (QED) is 0.894. The highest BCUT2D eigenvalue weighted by molar-refractivity contribution is 6.30. The number of aromatic nitrogens is 3. The lowest BCUT2D eigenvalue weighted by molar-refractivity contribution is 0.376. The molecule has 1 aliphatic heterocycles. The Morgan fingerprint density at radius 3 is 3.05 bits per heavy atom. The van der Waals surface area contributed by atoms with Crippen LogP contribution in [0.3, 0.4) is 0 Å². The summed E-state index contributed by atoms with van der Waals surface area (Å²) in [7, 11) is 0. The molecule has 112 valence electrons. The number of nitrogens with zero attached hydrogens (tertiary/aromatic N) is 3. The largest absolute Gasteiger partial charge is 0.338 e. The molecule has 0 saturated carbocycles. The van der Waals surface area contributed by atoms with Crippen molar-refractivity contribution in [1.82, 2.24) is 15.2 Å². The number of hydrogen-bond donors (Lipinski definition) is 2. The maximum atomic E-state index is 13.8. The number of rotatable bonds is 2. The van der Waals surface area contributed by atoms with Crippen molar-refractivity contribution in [2.24, 2.45) is 11.7 Å². The zero-order chi connectivity index (χ0) is 15.0. The van der Waals surface area contributed by atoms with Gasteiger partial charge in [-0.15, -0.1) is 5.10 Å². The summed E-state index contributed by atoms with van der Waals surface area (Å²) in [6, 6.07) is 4.45. The number of nitrogens with two attached hydrogens (primary N) is 1. The summed E-state index contributed by atoms with van der Waals surface area (Å²) in [5.41, 5.74) is 6.40. The predicted molar refractivity (Wildman–Crippen MR) is 80.8 cm³/mol. The monoisotopic (exact) mass is 309 g/mol. The van der Waals surface area contributed by atoms with E-state index in [1.54, 1.807) is 0 Å². The van der Waals surface area contributed by atoms with Crippen LogP contribution in [-0.2, 0) is 0 Å². The number of anilines is 1. The smallest absolute Gasteiger partial charge is 0.245 e. The fourth-order valence-corrected chi connectivity index (χ4v) is 2.65. The van der Waals surface area contributed by atoms with Crippen LogP contribution in [0.2, 0.25) is 5.02 Å². The van der Waals surface area contributed by atoms with Crippen LogP contribution in [-0.4, -0.2) is 34.3 Å². The number of aromatic amines is 1. The van der Waals surface area contributed by atoms with E-state index in [4.69, 9.17) is 17.3 Å². The molecule has 0 spiro atoms. The average molecular weight is 310 g/mol. The van der Waals surface area contributed by atoms with Crippen LogP contribution < -0.4 is 10.6 Å². The van der Waals surface area contributed by atoms with Gasteiger partial charge in [-0.3, -0.25) is 5.10 Å². The minimum Gasteiger partial charge on any atom is -0.338 e. The second-order valence-corrected chi connectivity index (χ2v) is 5.92. The predicted octanol–water partition coefficient (Wildman–Crippen LogP) is 2.44.